The van der Waals surface area contributed by atoms with E-state index in [1.807, 2.05) is 72.8 Å². The Kier molecular flexibility index (Phi) is 6.07. The molecule has 0 aromatic heterocycles. The minimum atomic E-state index is -1.15. The fourth-order valence-corrected chi connectivity index (χ4v) is 2.86. The van der Waals surface area contributed by atoms with Gasteiger partial charge in [0.2, 0.25) is 0 Å². The van der Waals surface area contributed by atoms with Crippen LogP contribution in [0.15, 0.2) is 90.0 Å². The summed E-state index contributed by atoms with van der Waals surface area (Å²) in [7, 11) is 0. The molecule has 2 N–H and O–H groups in total. The Balaban J connectivity index is 1.91. The molecule has 0 heterocycles. The van der Waals surface area contributed by atoms with Gasteiger partial charge in [-0.15, -0.1) is 0 Å². The quantitative estimate of drug-likeness (QED) is 0.358. The lowest BCUT2D eigenvalue weighted by atomic mass is 10.0. The van der Waals surface area contributed by atoms with E-state index in [-0.39, 0.29) is 6.54 Å². The molecule has 3 rings (SSSR count). The molecule has 0 amide bonds. The number of hydrogen-bond acceptors (Lipinski definition) is 4. The van der Waals surface area contributed by atoms with Crippen LogP contribution in [0.3, 0.4) is 0 Å². The standard InChI is InChI=1S/C21H20N4O2/c22-24-23-15-20(26)21(27)16-11-13-19(14-12-16)25(17-7-3-1-4-8-17)18-9-5-2-6-10-18/h1-14,20-21,26-27H,15H2. The Morgan fingerprint density at radius 1 is 0.778 bits per heavy atom. The van der Waals surface area contributed by atoms with Gasteiger partial charge in [0.25, 0.3) is 0 Å². The molecule has 136 valence electrons. The van der Waals surface area contributed by atoms with Gasteiger partial charge in [-0.25, -0.2) is 0 Å². The highest BCUT2D eigenvalue weighted by Crippen LogP contribution is 2.34. The van der Waals surface area contributed by atoms with Crippen LogP contribution >= 0.6 is 0 Å². The van der Waals surface area contributed by atoms with Gasteiger partial charge in [-0.1, -0.05) is 53.6 Å². The topological polar surface area (TPSA) is 92.5 Å². The molecule has 3 aromatic carbocycles. The first kappa shape index (κ1) is 18.5. The average molecular weight is 360 g/mol. The summed E-state index contributed by atoms with van der Waals surface area (Å²) in [5.74, 6) is 0. The Morgan fingerprint density at radius 2 is 1.26 bits per heavy atom. The Labute approximate surface area is 157 Å². The molecule has 6 heteroatoms. The monoisotopic (exact) mass is 360 g/mol. The van der Waals surface area contributed by atoms with E-state index in [2.05, 4.69) is 14.9 Å². The second kappa shape index (κ2) is 8.87. The van der Waals surface area contributed by atoms with Crippen molar-refractivity contribution in [2.75, 3.05) is 11.4 Å². The molecular formula is C21H20N4O2. The zero-order valence-corrected chi connectivity index (χ0v) is 14.6. The molecule has 0 aliphatic carbocycles. The van der Waals surface area contributed by atoms with Crippen LogP contribution in [0.5, 0.6) is 0 Å². The van der Waals surface area contributed by atoms with Gasteiger partial charge < -0.3 is 15.1 Å². The van der Waals surface area contributed by atoms with Crippen molar-refractivity contribution in [1.82, 2.24) is 0 Å². The maximum atomic E-state index is 10.2. The molecule has 3 aromatic rings. The maximum absolute atomic E-state index is 10.2. The summed E-state index contributed by atoms with van der Waals surface area (Å²) in [6.07, 6.45) is -2.27. The first-order valence-electron chi connectivity index (χ1n) is 8.58. The highest BCUT2D eigenvalue weighted by Gasteiger charge is 2.18. The molecule has 0 spiro atoms. The minimum Gasteiger partial charge on any atom is -0.390 e. The van der Waals surface area contributed by atoms with Gasteiger partial charge in [-0.3, -0.25) is 0 Å². The van der Waals surface area contributed by atoms with Crippen LogP contribution < -0.4 is 4.90 Å². The van der Waals surface area contributed by atoms with Crippen LogP contribution in [-0.2, 0) is 0 Å². The Bertz CT molecular complexity index is 855. The van der Waals surface area contributed by atoms with Crippen LogP contribution in [0.4, 0.5) is 17.1 Å². The highest BCUT2D eigenvalue weighted by molar-refractivity contribution is 5.76. The summed E-state index contributed by atoms with van der Waals surface area (Å²) in [6, 6.07) is 27.3. The van der Waals surface area contributed by atoms with Crippen LogP contribution in [0.25, 0.3) is 10.4 Å². The number of benzene rings is 3. The van der Waals surface area contributed by atoms with Crippen molar-refractivity contribution in [3.63, 3.8) is 0 Å². The molecule has 27 heavy (non-hydrogen) atoms. The molecule has 0 radical (unpaired) electrons. The summed E-state index contributed by atoms with van der Waals surface area (Å²) in [6.45, 7) is -0.181. The lowest BCUT2D eigenvalue weighted by Crippen LogP contribution is -2.21. The predicted octanol–water partition coefficient (Wildman–Crippen LogP) is 4.86. The van der Waals surface area contributed by atoms with Gasteiger partial charge in [0.15, 0.2) is 0 Å². The lowest BCUT2D eigenvalue weighted by Gasteiger charge is -2.26. The average Bonchev–Trinajstić information content (AvgIpc) is 2.74. The van der Waals surface area contributed by atoms with E-state index in [0.717, 1.165) is 17.1 Å². The van der Waals surface area contributed by atoms with E-state index in [0.29, 0.717) is 5.56 Å². The number of rotatable bonds is 7. The Hall–Kier alpha value is -3.31. The second-order valence-corrected chi connectivity index (χ2v) is 6.02. The molecule has 0 fully saturated rings. The minimum absolute atomic E-state index is 0.181. The van der Waals surface area contributed by atoms with E-state index in [1.165, 1.54) is 0 Å². The van der Waals surface area contributed by atoms with Crippen LogP contribution in [0.2, 0.25) is 0 Å². The van der Waals surface area contributed by atoms with Crippen molar-refractivity contribution in [2.24, 2.45) is 5.11 Å². The van der Waals surface area contributed by atoms with Crippen molar-refractivity contribution in [2.45, 2.75) is 12.2 Å². The molecule has 0 aliphatic heterocycles. The molecule has 6 nitrogen and oxygen atoms in total. The van der Waals surface area contributed by atoms with Crippen molar-refractivity contribution >= 4 is 17.1 Å². The molecule has 0 aliphatic rings. The third kappa shape index (κ3) is 4.46. The van der Waals surface area contributed by atoms with Crippen molar-refractivity contribution in [1.29, 1.82) is 0 Å². The van der Waals surface area contributed by atoms with Gasteiger partial charge in [0.05, 0.1) is 12.6 Å². The second-order valence-electron chi connectivity index (χ2n) is 6.02. The predicted molar refractivity (Wildman–Crippen MR) is 106 cm³/mol. The number of para-hydroxylation sites is 2. The summed E-state index contributed by atoms with van der Waals surface area (Å²) in [4.78, 5) is 4.71. The van der Waals surface area contributed by atoms with Gasteiger partial charge in [-0.2, -0.15) is 0 Å². The van der Waals surface area contributed by atoms with Gasteiger partial charge >= 0.3 is 0 Å². The third-order valence-corrected chi connectivity index (χ3v) is 4.22. The van der Waals surface area contributed by atoms with Crippen molar-refractivity contribution < 1.29 is 10.2 Å². The van der Waals surface area contributed by atoms with E-state index in [4.69, 9.17) is 5.53 Å². The summed E-state index contributed by atoms with van der Waals surface area (Å²) < 4.78 is 0. The molecule has 2 unspecified atom stereocenters. The number of nitrogens with zero attached hydrogens (tertiary/aromatic N) is 4. The van der Waals surface area contributed by atoms with E-state index in [1.54, 1.807) is 12.1 Å². The van der Waals surface area contributed by atoms with Gasteiger partial charge in [-0.05, 0) is 47.5 Å². The smallest absolute Gasteiger partial charge is 0.105 e. The highest BCUT2D eigenvalue weighted by atomic mass is 16.3. The van der Waals surface area contributed by atoms with E-state index < -0.39 is 12.2 Å². The first-order valence-corrected chi connectivity index (χ1v) is 8.58. The van der Waals surface area contributed by atoms with Crippen LogP contribution in [-0.4, -0.2) is 22.9 Å². The van der Waals surface area contributed by atoms with E-state index >= 15 is 0 Å². The first-order chi connectivity index (χ1) is 13.2. The normalized spacial score (nSPS) is 12.7. The van der Waals surface area contributed by atoms with Gasteiger partial charge in [0, 0.05) is 22.0 Å². The fourth-order valence-electron chi connectivity index (χ4n) is 2.86. The summed E-state index contributed by atoms with van der Waals surface area (Å²) in [5, 5.41) is 23.4. The molecular weight excluding hydrogens is 340 g/mol. The fraction of sp³-hybridized carbons (Fsp3) is 0.143. The van der Waals surface area contributed by atoms with E-state index in [9.17, 15) is 10.2 Å². The van der Waals surface area contributed by atoms with Crippen LogP contribution in [0, 0.1) is 0 Å². The lowest BCUT2D eigenvalue weighted by molar-refractivity contribution is 0.0244. The SMILES string of the molecule is [N-]=[N+]=NCC(O)C(O)c1ccc(N(c2ccccc2)c2ccccc2)cc1. The zero-order chi connectivity index (χ0) is 19.1. The summed E-state index contributed by atoms with van der Waals surface area (Å²) >= 11 is 0. The number of aliphatic hydroxyl groups is 2. The van der Waals surface area contributed by atoms with Crippen LogP contribution in [0.1, 0.15) is 11.7 Å². The number of aliphatic hydroxyl groups excluding tert-OH is 2. The van der Waals surface area contributed by atoms with Crippen molar-refractivity contribution in [3.05, 3.63) is 101 Å². The number of azide groups is 1. The van der Waals surface area contributed by atoms with Gasteiger partial charge in [0.1, 0.15) is 6.10 Å². The van der Waals surface area contributed by atoms with Crippen molar-refractivity contribution in [3.8, 4) is 0 Å². The number of anilines is 3. The number of hydrogen-bond donors (Lipinski definition) is 2. The Morgan fingerprint density at radius 3 is 1.74 bits per heavy atom. The largest absolute Gasteiger partial charge is 0.390 e. The maximum Gasteiger partial charge on any atom is 0.105 e. The summed E-state index contributed by atoms with van der Waals surface area (Å²) in [5.41, 5.74) is 11.8. The molecule has 0 saturated carbocycles. The zero-order valence-electron chi connectivity index (χ0n) is 14.6. The third-order valence-electron chi connectivity index (χ3n) is 4.22. The molecule has 0 saturated heterocycles. The molecule has 2 atom stereocenters. The molecule has 0 bridgehead atoms.